The molecule has 0 aliphatic rings. The zero-order chi connectivity index (χ0) is 9.30. The van der Waals surface area contributed by atoms with Gasteiger partial charge in [-0.2, -0.15) is 0 Å². The average molecular weight is 184 g/mol. The van der Waals surface area contributed by atoms with Gasteiger partial charge in [-0.05, 0) is 31.0 Å². The van der Waals surface area contributed by atoms with Crippen molar-refractivity contribution in [2.45, 2.75) is 13.8 Å². The van der Waals surface area contributed by atoms with Gasteiger partial charge < -0.3 is 5.73 Å². The second kappa shape index (κ2) is 3.15. The van der Waals surface area contributed by atoms with Crippen LogP contribution in [0.15, 0.2) is 12.1 Å². The van der Waals surface area contributed by atoms with E-state index in [4.69, 9.17) is 17.3 Å². The number of carbonyl (C=O) groups is 1. The van der Waals surface area contributed by atoms with E-state index >= 15 is 0 Å². The monoisotopic (exact) mass is 183 g/mol. The van der Waals surface area contributed by atoms with Gasteiger partial charge >= 0.3 is 0 Å². The Morgan fingerprint density at radius 1 is 1.42 bits per heavy atom. The van der Waals surface area contributed by atoms with Crippen LogP contribution in [-0.4, -0.2) is 5.91 Å². The molecular formula is C9H10ClNO. The SMILES string of the molecule is Cc1ccc(C(N)=O)c(Cl)c1C. The van der Waals surface area contributed by atoms with Gasteiger partial charge in [0.05, 0.1) is 10.6 Å². The smallest absolute Gasteiger partial charge is 0.250 e. The number of benzene rings is 1. The number of primary amides is 1. The molecule has 2 N–H and O–H groups in total. The van der Waals surface area contributed by atoms with E-state index < -0.39 is 5.91 Å². The van der Waals surface area contributed by atoms with Gasteiger partial charge in [0.25, 0.3) is 0 Å². The quantitative estimate of drug-likeness (QED) is 0.712. The number of hydrogen-bond donors (Lipinski definition) is 1. The summed E-state index contributed by atoms with van der Waals surface area (Å²) in [5.41, 5.74) is 7.47. The summed E-state index contributed by atoms with van der Waals surface area (Å²) in [5.74, 6) is -0.483. The fourth-order valence-electron chi connectivity index (χ4n) is 0.972. The van der Waals surface area contributed by atoms with Crippen LogP contribution in [0.25, 0.3) is 0 Å². The lowest BCUT2D eigenvalue weighted by Crippen LogP contribution is -2.12. The standard InChI is InChI=1S/C9H10ClNO/c1-5-3-4-7(9(11)12)8(10)6(5)2/h3-4H,1-2H3,(H2,11,12). The number of rotatable bonds is 1. The van der Waals surface area contributed by atoms with Crippen LogP contribution >= 0.6 is 11.6 Å². The first kappa shape index (κ1) is 9.07. The Morgan fingerprint density at radius 3 is 2.50 bits per heavy atom. The van der Waals surface area contributed by atoms with Crippen molar-refractivity contribution in [2.24, 2.45) is 5.73 Å². The molecule has 0 radical (unpaired) electrons. The normalized spacial score (nSPS) is 9.92. The highest BCUT2D eigenvalue weighted by Crippen LogP contribution is 2.22. The van der Waals surface area contributed by atoms with Crippen LogP contribution < -0.4 is 5.73 Å². The lowest BCUT2D eigenvalue weighted by molar-refractivity contribution is 0.100. The summed E-state index contributed by atoms with van der Waals surface area (Å²) in [6, 6.07) is 3.48. The van der Waals surface area contributed by atoms with E-state index in [9.17, 15) is 4.79 Å². The molecule has 1 amide bonds. The molecule has 12 heavy (non-hydrogen) atoms. The molecule has 64 valence electrons. The molecule has 0 aliphatic heterocycles. The van der Waals surface area contributed by atoms with Gasteiger partial charge in [-0.15, -0.1) is 0 Å². The summed E-state index contributed by atoms with van der Waals surface area (Å²) in [4.78, 5) is 10.8. The summed E-state index contributed by atoms with van der Waals surface area (Å²) in [6.07, 6.45) is 0. The molecule has 0 atom stereocenters. The number of carbonyl (C=O) groups excluding carboxylic acids is 1. The van der Waals surface area contributed by atoms with Crippen LogP contribution in [0.2, 0.25) is 5.02 Å². The summed E-state index contributed by atoms with van der Waals surface area (Å²) in [7, 11) is 0. The third kappa shape index (κ3) is 1.43. The molecule has 1 aromatic rings. The maximum absolute atomic E-state index is 10.8. The summed E-state index contributed by atoms with van der Waals surface area (Å²) in [6.45, 7) is 3.80. The summed E-state index contributed by atoms with van der Waals surface area (Å²) >= 11 is 5.89. The molecule has 0 saturated carbocycles. The van der Waals surface area contributed by atoms with Crippen LogP contribution in [0.3, 0.4) is 0 Å². The highest BCUT2D eigenvalue weighted by atomic mass is 35.5. The Hall–Kier alpha value is -1.02. The van der Waals surface area contributed by atoms with E-state index in [1.807, 2.05) is 19.9 Å². The van der Waals surface area contributed by atoms with Gasteiger partial charge in [-0.3, -0.25) is 4.79 Å². The zero-order valence-electron chi connectivity index (χ0n) is 7.02. The number of aryl methyl sites for hydroxylation is 1. The molecule has 1 aromatic carbocycles. The van der Waals surface area contributed by atoms with Crippen LogP contribution in [-0.2, 0) is 0 Å². The summed E-state index contributed by atoms with van der Waals surface area (Å²) in [5, 5.41) is 0.461. The highest BCUT2D eigenvalue weighted by molar-refractivity contribution is 6.34. The molecule has 0 aromatic heterocycles. The Balaban J connectivity index is 3.36. The minimum absolute atomic E-state index is 0.389. The van der Waals surface area contributed by atoms with E-state index in [0.29, 0.717) is 10.6 Å². The maximum Gasteiger partial charge on any atom is 0.250 e. The van der Waals surface area contributed by atoms with Crippen molar-refractivity contribution >= 4 is 17.5 Å². The van der Waals surface area contributed by atoms with Crippen LogP contribution in [0.5, 0.6) is 0 Å². The summed E-state index contributed by atoms with van der Waals surface area (Å²) < 4.78 is 0. The minimum atomic E-state index is -0.483. The van der Waals surface area contributed by atoms with E-state index in [1.54, 1.807) is 6.07 Å². The molecule has 0 bridgehead atoms. The van der Waals surface area contributed by atoms with Gasteiger partial charge in [0.2, 0.25) is 5.91 Å². The van der Waals surface area contributed by atoms with Gasteiger partial charge in [0.15, 0.2) is 0 Å². The maximum atomic E-state index is 10.8. The van der Waals surface area contributed by atoms with Gasteiger partial charge in [0, 0.05) is 0 Å². The van der Waals surface area contributed by atoms with Crippen molar-refractivity contribution in [2.75, 3.05) is 0 Å². The third-order valence-electron chi connectivity index (χ3n) is 1.92. The van der Waals surface area contributed by atoms with Crippen LogP contribution in [0.1, 0.15) is 21.5 Å². The molecule has 0 fully saturated rings. The van der Waals surface area contributed by atoms with Crippen molar-refractivity contribution in [3.63, 3.8) is 0 Å². The van der Waals surface area contributed by atoms with Gasteiger partial charge in [0.1, 0.15) is 0 Å². The van der Waals surface area contributed by atoms with E-state index in [-0.39, 0.29) is 0 Å². The Labute approximate surface area is 76.3 Å². The first-order valence-electron chi connectivity index (χ1n) is 3.59. The molecule has 0 aliphatic carbocycles. The second-order valence-electron chi connectivity index (χ2n) is 2.73. The fourth-order valence-corrected chi connectivity index (χ4v) is 1.28. The molecule has 0 spiro atoms. The number of nitrogens with two attached hydrogens (primary N) is 1. The van der Waals surface area contributed by atoms with Crippen molar-refractivity contribution in [3.05, 3.63) is 33.8 Å². The Morgan fingerprint density at radius 2 is 2.00 bits per heavy atom. The molecular weight excluding hydrogens is 174 g/mol. The molecule has 2 nitrogen and oxygen atoms in total. The van der Waals surface area contributed by atoms with Crippen LogP contribution in [0, 0.1) is 13.8 Å². The second-order valence-corrected chi connectivity index (χ2v) is 3.11. The minimum Gasteiger partial charge on any atom is -0.366 e. The predicted molar refractivity (Wildman–Crippen MR) is 49.4 cm³/mol. The fraction of sp³-hybridized carbons (Fsp3) is 0.222. The number of hydrogen-bond acceptors (Lipinski definition) is 1. The zero-order valence-corrected chi connectivity index (χ0v) is 7.77. The molecule has 1 rings (SSSR count). The lowest BCUT2D eigenvalue weighted by atomic mass is 10.1. The average Bonchev–Trinajstić information content (AvgIpc) is 2.00. The van der Waals surface area contributed by atoms with Crippen molar-refractivity contribution in [1.82, 2.24) is 0 Å². The van der Waals surface area contributed by atoms with E-state index in [2.05, 4.69) is 0 Å². The molecule has 0 unspecified atom stereocenters. The van der Waals surface area contributed by atoms with Crippen LogP contribution in [0.4, 0.5) is 0 Å². The van der Waals surface area contributed by atoms with Crippen molar-refractivity contribution < 1.29 is 4.79 Å². The number of amides is 1. The third-order valence-corrected chi connectivity index (χ3v) is 2.41. The Bertz CT molecular complexity index is 334. The predicted octanol–water partition coefficient (Wildman–Crippen LogP) is 2.06. The van der Waals surface area contributed by atoms with Gasteiger partial charge in [-0.1, -0.05) is 17.7 Å². The van der Waals surface area contributed by atoms with Crippen molar-refractivity contribution in [3.8, 4) is 0 Å². The van der Waals surface area contributed by atoms with Crippen molar-refractivity contribution in [1.29, 1.82) is 0 Å². The first-order valence-corrected chi connectivity index (χ1v) is 3.97. The Kier molecular flexibility index (Phi) is 2.38. The highest BCUT2D eigenvalue weighted by Gasteiger charge is 2.09. The lowest BCUT2D eigenvalue weighted by Gasteiger charge is -2.05. The number of halogens is 1. The molecule has 0 saturated heterocycles. The molecule has 0 heterocycles. The molecule has 3 heteroatoms. The largest absolute Gasteiger partial charge is 0.366 e. The first-order chi connectivity index (χ1) is 5.54. The van der Waals surface area contributed by atoms with E-state index in [1.165, 1.54) is 0 Å². The van der Waals surface area contributed by atoms with Gasteiger partial charge in [-0.25, -0.2) is 0 Å². The van der Waals surface area contributed by atoms with E-state index in [0.717, 1.165) is 11.1 Å². The topological polar surface area (TPSA) is 43.1 Å².